The number of hydrogen-bond donors (Lipinski definition) is 1. The normalized spacial score (nSPS) is 21.9. The summed E-state index contributed by atoms with van der Waals surface area (Å²) in [4.78, 5) is 0.0229. The van der Waals surface area contributed by atoms with E-state index in [1.165, 1.54) is 6.07 Å². The highest BCUT2D eigenvalue weighted by Gasteiger charge is 2.32. The van der Waals surface area contributed by atoms with Gasteiger partial charge in [-0.2, -0.15) is 0 Å². The average Bonchev–Trinajstić information content (AvgIpc) is 2.66. The average molecular weight is 299 g/mol. The Kier molecular flexibility index (Phi) is 4.09. The summed E-state index contributed by atoms with van der Waals surface area (Å²) in [6.45, 7) is 6.21. The van der Waals surface area contributed by atoms with Crippen LogP contribution in [0.5, 0.6) is 5.75 Å². The van der Waals surface area contributed by atoms with Crippen molar-refractivity contribution in [2.45, 2.75) is 50.2 Å². The first kappa shape index (κ1) is 15.3. The minimum absolute atomic E-state index is 0.0142. The van der Waals surface area contributed by atoms with E-state index in [2.05, 4.69) is 0 Å². The second-order valence-corrected chi connectivity index (χ2v) is 7.37. The highest BCUT2D eigenvalue weighted by Crippen LogP contribution is 2.30. The Morgan fingerprint density at radius 2 is 2.15 bits per heavy atom. The van der Waals surface area contributed by atoms with Crippen LogP contribution in [0.25, 0.3) is 0 Å². The highest BCUT2D eigenvalue weighted by atomic mass is 32.2. The van der Waals surface area contributed by atoms with E-state index in [0.717, 1.165) is 18.4 Å². The van der Waals surface area contributed by atoms with Gasteiger partial charge in [0, 0.05) is 0 Å². The summed E-state index contributed by atoms with van der Waals surface area (Å²) < 4.78 is 34.6. The van der Waals surface area contributed by atoms with Crippen molar-refractivity contribution in [1.82, 2.24) is 0 Å². The van der Waals surface area contributed by atoms with E-state index in [9.17, 15) is 8.42 Å². The zero-order valence-corrected chi connectivity index (χ0v) is 12.9. The predicted molar refractivity (Wildman–Crippen MR) is 76.2 cm³/mol. The lowest BCUT2D eigenvalue weighted by Crippen LogP contribution is -2.24. The minimum atomic E-state index is -3.79. The third kappa shape index (κ3) is 3.71. The highest BCUT2D eigenvalue weighted by molar-refractivity contribution is 7.89. The molecule has 0 radical (unpaired) electrons. The second kappa shape index (κ2) is 5.35. The zero-order valence-electron chi connectivity index (χ0n) is 12.0. The van der Waals surface area contributed by atoms with Crippen LogP contribution in [0.3, 0.4) is 0 Å². The molecule has 0 saturated carbocycles. The first-order chi connectivity index (χ1) is 9.17. The molecule has 0 amide bonds. The van der Waals surface area contributed by atoms with Gasteiger partial charge < -0.3 is 9.47 Å². The standard InChI is InChI=1S/C14H21NO4S/c1-10-4-5-12(13(8-10)20(15,16)17)18-9-11-6-7-14(2,3)19-11/h4-5,8,11H,6-7,9H2,1-3H3,(H2,15,16,17). The summed E-state index contributed by atoms with van der Waals surface area (Å²) in [5.41, 5.74) is 0.684. The molecular weight excluding hydrogens is 278 g/mol. The fourth-order valence-electron chi connectivity index (χ4n) is 2.33. The monoisotopic (exact) mass is 299 g/mol. The first-order valence-corrected chi connectivity index (χ1v) is 8.16. The SMILES string of the molecule is Cc1ccc(OCC2CCC(C)(C)O2)c(S(N)(=O)=O)c1. The number of hydrogen-bond acceptors (Lipinski definition) is 4. The molecular formula is C14H21NO4S. The van der Waals surface area contributed by atoms with Gasteiger partial charge in [-0.05, 0) is 51.3 Å². The lowest BCUT2D eigenvalue weighted by Gasteiger charge is -2.20. The van der Waals surface area contributed by atoms with Gasteiger partial charge in [0.15, 0.2) is 0 Å². The summed E-state index contributed by atoms with van der Waals surface area (Å²) >= 11 is 0. The van der Waals surface area contributed by atoms with Crippen LogP contribution in [0.2, 0.25) is 0 Å². The summed E-state index contributed by atoms with van der Waals surface area (Å²) in [5.74, 6) is 0.284. The van der Waals surface area contributed by atoms with Gasteiger partial charge in [0.1, 0.15) is 17.3 Å². The molecule has 20 heavy (non-hydrogen) atoms. The lowest BCUT2D eigenvalue weighted by molar-refractivity contribution is -0.0330. The van der Waals surface area contributed by atoms with Crippen molar-refractivity contribution < 1.29 is 17.9 Å². The van der Waals surface area contributed by atoms with E-state index in [4.69, 9.17) is 14.6 Å². The molecule has 2 rings (SSSR count). The van der Waals surface area contributed by atoms with Gasteiger partial charge in [0.25, 0.3) is 0 Å². The van der Waals surface area contributed by atoms with Crippen LogP contribution in [0.1, 0.15) is 32.3 Å². The van der Waals surface area contributed by atoms with Crippen molar-refractivity contribution in [3.63, 3.8) is 0 Å². The maximum atomic E-state index is 11.6. The molecule has 0 bridgehead atoms. The van der Waals surface area contributed by atoms with Gasteiger partial charge in [-0.3, -0.25) is 0 Å². The summed E-state index contributed by atoms with van der Waals surface area (Å²) in [7, 11) is -3.79. The van der Waals surface area contributed by atoms with Crippen LogP contribution in [0.15, 0.2) is 23.1 Å². The Labute approximate surface area is 120 Å². The minimum Gasteiger partial charge on any atom is -0.489 e. The van der Waals surface area contributed by atoms with E-state index in [0.29, 0.717) is 6.61 Å². The molecule has 1 aromatic rings. The molecule has 1 aliphatic heterocycles. The maximum absolute atomic E-state index is 11.6. The van der Waals surface area contributed by atoms with Gasteiger partial charge in [0.05, 0.1) is 11.7 Å². The molecule has 1 aliphatic rings. The molecule has 1 heterocycles. The molecule has 112 valence electrons. The van der Waals surface area contributed by atoms with Gasteiger partial charge in [-0.25, -0.2) is 13.6 Å². The molecule has 1 fully saturated rings. The molecule has 0 spiro atoms. The third-order valence-electron chi connectivity index (χ3n) is 3.38. The third-order valence-corrected chi connectivity index (χ3v) is 4.32. The number of ether oxygens (including phenoxy) is 2. The molecule has 5 nitrogen and oxygen atoms in total. The van der Waals surface area contributed by atoms with Crippen molar-refractivity contribution in [2.24, 2.45) is 5.14 Å². The Balaban J connectivity index is 2.11. The number of nitrogens with two attached hydrogens (primary N) is 1. The van der Waals surface area contributed by atoms with Gasteiger partial charge in [-0.1, -0.05) is 6.07 Å². The smallest absolute Gasteiger partial charge is 0.241 e. The first-order valence-electron chi connectivity index (χ1n) is 6.61. The van der Waals surface area contributed by atoms with E-state index in [-0.39, 0.29) is 22.4 Å². The van der Waals surface area contributed by atoms with E-state index < -0.39 is 10.0 Å². The molecule has 1 aromatic carbocycles. The number of rotatable bonds is 4. The van der Waals surface area contributed by atoms with Crippen molar-refractivity contribution in [1.29, 1.82) is 0 Å². The maximum Gasteiger partial charge on any atom is 0.241 e. The number of benzene rings is 1. The molecule has 2 N–H and O–H groups in total. The molecule has 1 atom stereocenters. The quantitative estimate of drug-likeness (QED) is 0.922. The van der Waals surface area contributed by atoms with Crippen LogP contribution >= 0.6 is 0 Å². The van der Waals surface area contributed by atoms with Crippen LogP contribution in [0.4, 0.5) is 0 Å². The zero-order chi connectivity index (χ0) is 15.0. The second-order valence-electron chi connectivity index (χ2n) is 5.84. The fraction of sp³-hybridized carbons (Fsp3) is 0.571. The summed E-state index contributed by atoms with van der Waals surface area (Å²) in [6, 6.07) is 4.95. The fourth-order valence-corrected chi connectivity index (χ4v) is 3.09. The Hall–Kier alpha value is -1.11. The van der Waals surface area contributed by atoms with Gasteiger partial charge >= 0.3 is 0 Å². The molecule has 1 saturated heterocycles. The molecule has 0 aromatic heterocycles. The topological polar surface area (TPSA) is 78.6 Å². The van der Waals surface area contributed by atoms with Crippen molar-refractivity contribution >= 4 is 10.0 Å². The summed E-state index contributed by atoms with van der Waals surface area (Å²) in [6.07, 6.45) is 1.86. The summed E-state index contributed by atoms with van der Waals surface area (Å²) in [5, 5.41) is 5.21. The van der Waals surface area contributed by atoms with Crippen LogP contribution < -0.4 is 9.88 Å². The lowest BCUT2D eigenvalue weighted by atomic mass is 10.1. The Bertz CT molecular complexity index is 595. The van der Waals surface area contributed by atoms with E-state index in [1.54, 1.807) is 19.1 Å². The number of primary sulfonamides is 1. The van der Waals surface area contributed by atoms with Crippen molar-refractivity contribution in [3.05, 3.63) is 23.8 Å². The van der Waals surface area contributed by atoms with Crippen LogP contribution in [-0.2, 0) is 14.8 Å². The largest absolute Gasteiger partial charge is 0.489 e. The Morgan fingerprint density at radius 1 is 1.45 bits per heavy atom. The Morgan fingerprint density at radius 3 is 2.70 bits per heavy atom. The van der Waals surface area contributed by atoms with Gasteiger partial charge in [0.2, 0.25) is 10.0 Å². The number of sulfonamides is 1. The molecule has 1 unspecified atom stereocenters. The van der Waals surface area contributed by atoms with Gasteiger partial charge in [-0.15, -0.1) is 0 Å². The van der Waals surface area contributed by atoms with E-state index >= 15 is 0 Å². The predicted octanol–water partition coefficient (Wildman–Crippen LogP) is 1.98. The van der Waals surface area contributed by atoms with Crippen LogP contribution in [-0.4, -0.2) is 26.7 Å². The number of aryl methyl sites for hydroxylation is 1. The van der Waals surface area contributed by atoms with Crippen molar-refractivity contribution in [3.8, 4) is 5.75 Å². The van der Waals surface area contributed by atoms with Crippen LogP contribution in [0, 0.1) is 6.92 Å². The molecule has 0 aliphatic carbocycles. The van der Waals surface area contributed by atoms with E-state index in [1.807, 2.05) is 13.8 Å². The molecule has 6 heteroatoms. The van der Waals surface area contributed by atoms with Crippen molar-refractivity contribution in [2.75, 3.05) is 6.61 Å².